The van der Waals surface area contributed by atoms with Gasteiger partial charge < -0.3 is 15.6 Å². The number of benzene rings is 2. The molecule has 0 heterocycles. The molecule has 2 aliphatic carbocycles. The predicted molar refractivity (Wildman–Crippen MR) is 76.4 cm³/mol. The van der Waals surface area contributed by atoms with Crippen molar-refractivity contribution < 1.29 is 14.6 Å². The molecule has 1 amide bonds. The highest BCUT2D eigenvalue weighted by Crippen LogP contribution is 2.20. The lowest BCUT2D eigenvalue weighted by Crippen LogP contribution is -2.15. The highest BCUT2D eigenvalue weighted by atomic mass is 16.6. The molecule has 2 aromatic carbocycles. The minimum absolute atomic E-state index is 0.137. The minimum Gasteiger partial charge on any atom is -0.508 e. The fourth-order valence-electron chi connectivity index (χ4n) is 1.97. The molecule has 4 rings (SSSR count). The number of carbonyl (C=O) groups excluding carboxylic acids is 1. The van der Waals surface area contributed by atoms with Crippen LogP contribution >= 0.6 is 0 Å². The molecule has 4 heteroatoms. The molecular formula is C16H17NO3. The van der Waals surface area contributed by atoms with E-state index < -0.39 is 12.2 Å². The van der Waals surface area contributed by atoms with E-state index in [2.05, 4.69) is 24.3 Å². The third-order valence-corrected chi connectivity index (χ3v) is 3.03. The van der Waals surface area contributed by atoms with Crippen molar-refractivity contribution in [2.75, 3.05) is 0 Å². The summed E-state index contributed by atoms with van der Waals surface area (Å²) in [5.41, 5.74) is 8.52. The van der Waals surface area contributed by atoms with Gasteiger partial charge in [0.1, 0.15) is 11.9 Å². The van der Waals surface area contributed by atoms with E-state index in [0.717, 1.165) is 0 Å². The van der Waals surface area contributed by atoms with Crippen LogP contribution in [0, 0.1) is 0 Å². The van der Waals surface area contributed by atoms with Crippen molar-refractivity contribution in [2.24, 2.45) is 5.73 Å². The summed E-state index contributed by atoms with van der Waals surface area (Å²) in [5.74, 6) is 0.137. The number of phenolic OH excluding ortho intramolecular Hbond substituents is 1. The number of rotatable bonds is 2. The van der Waals surface area contributed by atoms with Crippen molar-refractivity contribution in [1.29, 1.82) is 0 Å². The highest BCUT2D eigenvalue weighted by Gasteiger charge is 2.08. The number of phenols is 1. The molecule has 0 aromatic heterocycles. The first-order chi connectivity index (χ1) is 9.54. The van der Waals surface area contributed by atoms with Gasteiger partial charge in [0, 0.05) is 0 Å². The minimum atomic E-state index is -0.823. The van der Waals surface area contributed by atoms with Crippen LogP contribution in [-0.4, -0.2) is 11.2 Å². The molecule has 0 aliphatic heterocycles. The van der Waals surface area contributed by atoms with E-state index in [9.17, 15) is 4.79 Å². The third kappa shape index (κ3) is 3.75. The monoisotopic (exact) mass is 271 g/mol. The van der Waals surface area contributed by atoms with E-state index in [1.807, 2.05) is 0 Å². The molecule has 2 aliphatic rings. The van der Waals surface area contributed by atoms with Gasteiger partial charge in [-0.3, -0.25) is 0 Å². The number of aromatic hydroxyl groups is 1. The number of amides is 1. The van der Waals surface area contributed by atoms with Crippen molar-refractivity contribution in [3.63, 3.8) is 0 Å². The molecule has 0 saturated heterocycles. The van der Waals surface area contributed by atoms with Crippen LogP contribution in [-0.2, 0) is 11.2 Å². The average Bonchev–Trinajstić information content (AvgIpc) is 2.39. The number of hydrogen-bond acceptors (Lipinski definition) is 3. The molecule has 20 heavy (non-hydrogen) atoms. The van der Waals surface area contributed by atoms with Crippen LogP contribution in [0.1, 0.15) is 29.7 Å². The number of fused-ring (bicyclic) bond motifs is 2. The fourth-order valence-corrected chi connectivity index (χ4v) is 1.97. The van der Waals surface area contributed by atoms with Crippen LogP contribution in [0.2, 0.25) is 0 Å². The van der Waals surface area contributed by atoms with Gasteiger partial charge in [-0.05, 0) is 42.2 Å². The Hall–Kier alpha value is -2.49. The Morgan fingerprint density at radius 3 is 2.20 bits per heavy atom. The zero-order valence-corrected chi connectivity index (χ0v) is 11.2. The molecule has 0 fully saturated rings. The molecule has 2 aromatic rings. The molecule has 104 valence electrons. The van der Waals surface area contributed by atoms with Gasteiger partial charge in [0.25, 0.3) is 0 Å². The second-order valence-electron chi connectivity index (χ2n) is 4.67. The van der Waals surface area contributed by atoms with Crippen LogP contribution in [0.25, 0.3) is 0 Å². The summed E-state index contributed by atoms with van der Waals surface area (Å²) in [6, 6.07) is 15.1. The summed E-state index contributed by atoms with van der Waals surface area (Å²) in [6.07, 6.45) is -0.0447. The van der Waals surface area contributed by atoms with Crippen LogP contribution in [0.15, 0.2) is 48.5 Å². The van der Waals surface area contributed by atoms with Crippen LogP contribution in [0.5, 0.6) is 5.75 Å². The van der Waals surface area contributed by atoms with Crippen LogP contribution in [0.4, 0.5) is 4.79 Å². The topological polar surface area (TPSA) is 72.5 Å². The number of ether oxygens (including phenoxy) is 1. The standard InChI is InChI=1S/C9H11NO3.C7H6/c1-6(13-9(10)12)7-3-2-4-8(11)5-7;1-2-6-4-7(3-1)5-6/h2-6,11H,1H3,(H2,10,12);1-4H,5H2. The van der Waals surface area contributed by atoms with Gasteiger partial charge in [-0.15, -0.1) is 0 Å². The summed E-state index contributed by atoms with van der Waals surface area (Å²) in [7, 11) is 0. The molecule has 0 radical (unpaired) electrons. The number of nitrogens with two attached hydrogens (primary N) is 1. The first-order valence-electron chi connectivity index (χ1n) is 6.37. The Labute approximate surface area is 117 Å². The van der Waals surface area contributed by atoms with Crippen molar-refractivity contribution in [3.8, 4) is 5.75 Å². The van der Waals surface area contributed by atoms with E-state index in [1.165, 1.54) is 23.6 Å². The zero-order valence-electron chi connectivity index (χ0n) is 11.2. The molecule has 1 unspecified atom stereocenters. The molecule has 3 N–H and O–H groups in total. The Balaban J connectivity index is 0.000000173. The maximum atomic E-state index is 10.4. The normalized spacial score (nSPS) is 12.4. The Kier molecular flexibility index (Phi) is 4.25. The number of carbonyl (C=O) groups is 1. The SMILES string of the molecule is CC(OC(N)=O)c1cccc(O)c1.c1cc2cc(c1)C2. The fraction of sp³-hybridized carbons (Fsp3) is 0.188. The van der Waals surface area contributed by atoms with Gasteiger partial charge >= 0.3 is 6.09 Å². The van der Waals surface area contributed by atoms with Gasteiger partial charge in [0.2, 0.25) is 0 Å². The lowest BCUT2D eigenvalue weighted by molar-refractivity contribution is 0.116. The van der Waals surface area contributed by atoms with Crippen molar-refractivity contribution in [2.45, 2.75) is 19.4 Å². The lowest BCUT2D eigenvalue weighted by Gasteiger charge is -2.11. The summed E-state index contributed by atoms with van der Waals surface area (Å²) >= 11 is 0. The molecule has 1 atom stereocenters. The van der Waals surface area contributed by atoms with Gasteiger partial charge in [-0.25, -0.2) is 4.79 Å². The maximum absolute atomic E-state index is 10.4. The summed E-state index contributed by atoms with van der Waals surface area (Å²) in [6.45, 7) is 1.68. The second kappa shape index (κ2) is 6.10. The summed E-state index contributed by atoms with van der Waals surface area (Å²) in [4.78, 5) is 10.4. The molecule has 4 nitrogen and oxygen atoms in total. The second-order valence-corrected chi connectivity index (χ2v) is 4.67. The van der Waals surface area contributed by atoms with Crippen molar-refractivity contribution >= 4 is 6.09 Å². The van der Waals surface area contributed by atoms with Crippen molar-refractivity contribution in [1.82, 2.24) is 0 Å². The van der Waals surface area contributed by atoms with Gasteiger partial charge in [-0.2, -0.15) is 0 Å². The lowest BCUT2D eigenvalue weighted by atomic mass is 9.94. The molecule has 2 bridgehead atoms. The van der Waals surface area contributed by atoms with Crippen LogP contribution < -0.4 is 5.73 Å². The largest absolute Gasteiger partial charge is 0.508 e. The average molecular weight is 271 g/mol. The Morgan fingerprint density at radius 2 is 1.80 bits per heavy atom. The van der Waals surface area contributed by atoms with E-state index in [-0.39, 0.29) is 5.75 Å². The van der Waals surface area contributed by atoms with Crippen molar-refractivity contribution in [3.05, 3.63) is 65.2 Å². The smallest absolute Gasteiger partial charge is 0.405 e. The number of primary amides is 1. The molecular weight excluding hydrogens is 254 g/mol. The van der Waals surface area contributed by atoms with Crippen LogP contribution in [0.3, 0.4) is 0 Å². The van der Waals surface area contributed by atoms with E-state index in [0.29, 0.717) is 5.56 Å². The zero-order chi connectivity index (χ0) is 14.5. The summed E-state index contributed by atoms with van der Waals surface area (Å²) < 4.78 is 4.72. The van der Waals surface area contributed by atoms with Gasteiger partial charge in [-0.1, -0.05) is 36.4 Å². The van der Waals surface area contributed by atoms with E-state index in [4.69, 9.17) is 15.6 Å². The summed E-state index contributed by atoms with van der Waals surface area (Å²) in [5, 5.41) is 9.12. The predicted octanol–water partition coefficient (Wildman–Crippen LogP) is 3.14. The molecule has 0 saturated carbocycles. The van der Waals surface area contributed by atoms with E-state index >= 15 is 0 Å². The first kappa shape index (κ1) is 13.9. The Morgan fingerprint density at radius 1 is 1.20 bits per heavy atom. The third-order valence-electron chi connectivity index (χ3n) is 3.03. The van der Waals surface area contributed by atoms with Gasteiger partial charge in [0.15, 0.2) is 0 Å². The quantitative estimate of drug-likeness (QED) is 0.752. The Bertz CT molecular complexity index is 585. The number of hydrogen-bond donors (Lipinski definition) is 2. The maximum Gasteiger partial charge on any atom is 0.405 e. The van der Waals surface area contributed by atoms with E-state index in [1.54, 1.807) is 25.1 Å². The highest BCUT2D eigenvalue weighted by molar-refractivity contribution is 5.65. The molecule has 0 spiro atoms. The van der Waals surface area contributed by atoms with Gasteiger partial charge in [0.05, 0.1) is 0 Å². The first-order valence-corrected chi connectivity index (χ1v) is 6.37.